The molecule has 2 rings (SSSR count). The quantitative estimate of drug-likeness (QED) is 0.857. The minimum Gasteiger partial charge on any atom is -0.508 e. The van der Waals surface area contributed by atoms with E-state index in [-0.39, 0.29) is 23.7 Å². The second-order valence-electron chi connectivity index (χ2n) is 5.48. The molecule has 0 bridgehead atoms. The van der Waals surface area contributed by atoms with Gasteiger partial charge in [0, 0.05) is 24.7 Å². The number of aryl methyl sites for hydroxylation is 1. The van der Waals surface area contributed by atoms with Crippen LogP contribution in [0, 0.1) is 6.92 Å². The van der Waals surface area contributed by atoms with Crippen LogP contribution in [-0.2, 0) is 0 Å². The first kappa shape index (κ1) is 13.9. The largest absolute Gasteiger partial charge is 0.508 e. The molecule has 1 fully saturated rings. The fourth-order valence-electron chi connectivity index (χ4n) is 2.73. The van der Waals surface area contributed by atoms with Crippen LogP contribution in [0.15, 0.2) is 18.2 Å². The van der Waals surface area contributed by atoms with E-state index in [0.717, 1.165) is 31.2 Å². The van der Waals surface area contributed by atoms with Crippen molar-refractivity contribution >= 4 is 5.91 Å². The number of nitrogens with two attached hydrogens (primary N) is 1. The molecule has 0 atom stereocenters. The first-order chi connectivity index (χ1) is 8.99. The topological polar surface area (TPSA) is 66.6 Å². The second-order valence-corrected chi connectivity index (χ2v) is 5.48. The number of benzene rings is 1. The van der Waals surface area contributed by atoms with Gasteiger partial charge in [-0.2, -0.15) is 0 Å². The first-order valence-electron chi connectivity index (χ1n) is 6.81. The molecule has 3 N–H and O–H groups in total. The van der Waals surface area contributed by atoms with Crippen LogP contribution in [0.5, 0.6) is 5.75 Å². The Morgan fingerprint density at radius 3 is 2.53 bits per heavy atom. The molecule has 0 aliphatic heterocycles. The molecule has 1 aliphatic rings. The Morgan fingerprint density at radius 2 is 1.95 bits per heavy atom. The molecule has 0 radical (unpaired) electrons. The Labute approximate surface area is 114 Å². The van der Waals surface area contributed by atoms with Crippen molar-refractivity contribution in [2.75, 3.05) is 7.05 Å². The molecular weight excluding hydrogens is 240 g/mol. The van der Waals surface area contributed by atoms with Crippen molar-refractivity contribution in [1.29, 1.82) is 0 Å². The molecule has 0 aromatic heterocycles. The third kappa shape index (κ3) is 3.07. The molecule has 1 amide bonds. The highest BCUT2D eigenvalue weighted by atomic mass is 16.3. The van der Waals surface area contributed by atoms with E-state index < -0.39 is 0 Å². The number of nitrogens with zero attached hydrogens (tertiary/aromatic N) is 1. The van der Waals surface area contributed by atoms with Crippen LogP contribution in [-0.4, -0.2) is 35.0 Å². The lowest BCUT2D eigenvalue weighted by Gasteiger charge is -2.33. The molecule has 1 aliphatic carbocycles. The predicted octanol–water partition coefficient (Wildman–Crippen LogP) is 2.04. The third-order valence-corrected chi connectivity index (χ3v) is 4.05. The van der Waals surface area contributed by atoms with Crippen LogP contribution in [0.25, 0.3) is 0 Å². The van der Waals surface area contributed by atoms with E-state index in [1.165, 1.54) is 0 Å². The number of amides is 1. The number of hydrogen-bond acceptors (Lipinski definition) is 3. The molecule has 1 aromatic carbocycles. The fourth-order valence-corrected chi connectivity index (χ4v) is 2.73. The summed E-state index contributed by atoms with van der Waals surface area (Å²) in [4.78, 5) is 14.3. The van der Waals surface area contributed by atoms with E-state index in [2.05, 4.69) is 0 Å². The summed E-state index contributed by atoms with van der Waals surface area (Å²) in [6.45, 7) is 1.84. The van der Waals surface area contributed by atoms with Gasteiger partial charge in [0.25, 0.3) is 5.91 Å². The zero-order valence-electron chi connectivity index (χ0n) is 11.6. The molecule has 4 heteroatoms. The van der Waals surface area contributed by atoms with Crippen LogP contribution < -0.4 is 5.73 Å². The number of aromatic hydroxyl groups is 1. The summed E-state index contributed by atoms with van der Waals surface area (Å²) < 4.78 is 0. The Hall–Kier alpha value is -1.55. The van der Waals surface area contributed by atoms with Crippen LogP contribution in [0.2, 0.25) is 0 Å². The molecule has 0 spiro atoms. The lowest BCUT2D eigenvalue weighted by Crippen LogP contribution is -2.42. The minimum atomic E-state index is 0.0259. The highest BCUT2D eigenvalue weighted by Crippen LogP contribution is 2.24. The number of hydrogen-bond donors (Lipinski definition) is 2. The summed E-state index contributed by atoms with van der Waals surface area (Å²) in [6, 6.07) is 5.44. The third-order valence-electron chi connectivity index (χ3n) is 4.05. The number of rotatable bonds is 2. The zero-order chi connectivity index (χ0) is 14.0. The van der Waals surface area contributed by atoms with Crippen molar-refractivity contribution in [2.45, 2.75) is 44.7 Å². The molecule has 1 aromatic rings. The average Bonchev–Trinajstić information content (AvgIpc) is 2.38. The van der Waals surface area contributed by atoms with Gasteiger partial charge >= 0.3 is 0 Å². The monoisotopic (exact) mass is 262 g/mol. The summed E-state index contributed by atoms with van der Waals surface area (Å²) in [5.74, 6) is 0.221. The molecule has 0 unspecified atom stereocenters. The maximum atomic E-state index is 12.5. The fraction of sp³-hybridized carbons (Fsp3) is 0.533. The SMILES string of the molecule is Cc1cc(O)ccc1C(=O)N(C)C1CCC(N)CC1. The minimum absolute atomic E-state index is 0.0259. The van der Waals surface area contributed by atoms with Gasteiger partial charge in [-0.15, -0.1) is 0 Å². The van der Waals surface area contributed by atoms with Crippen molar-refractivity contribution in [3.63, 3.8) is 0 Å². The average molecular weight is 262 g/mol. The summed E-state index contributed by atoms with van der Waals surface area (Å²) >= 11 is 0. The van der Waals surface area contributed by atoms with Crippen LogP contribution in [0.1, 0.15) is 41.6 Å². The standard InChI is InChI=1S/C15H22N2O2/c1-10-9-13(18)7-8-14(10)15(19)17(2)12-5-3-11(16)4-6-12/h7-9,11-12,18H,3-6,16H2,1-2H3. The molecule has 19 heavy (non-hydrogen) atoms. The molecule has 0 saturated heterocycles. The maximum Gasteiger partial charge on any atom is 0.254 e. The van der Waals surface area contributed by atoms with E-state index in [0.29, 0.717) is 5.56 Å². The van der Waals surface area contributed by atoms with Crippen LogP contribution >= 0.6 is 0 Å². The second kappa shape index (κ2) is 5.61. The number of carbonyl (C=O) groups excluding carboxylic acids is 1. The smallest absolute Gasteiger partial charge is 0.254 e. The molecule has 0 heterocycles. The van der Waals surface area contributed by atoms with E-state index >= 15 is 0 Å². The Morgan fingerprint density at radius 1 is 1.32 bits per heavy atom. The van der Waals surface area contributed by atoms with Crippen molar-refractivity contribution < 1.29 is 9.90 Å². The molecule has 1 saturated carbocycles. The zero-order valence-corrected chi connectivity index (χ0v) is 11.6. The van der Waals surface area contributed by atoms with Crippen molar-refractivity contribution in [3.8, 4) is 5.75 Å². The van der Waals surface area contributed by atoms with Gasteiger partial charge in [0.05, 0.1) is 0 Å². The van der Waals surface area contributed by atoms with Crippen molar-refractivity contribution in [1.82, 2.24) is 4.90 Å². The van der Waals surface area contributed by atoms with Gasteiger partial charge in [-0.05, 0) is 56.4 Å². The highest BCUT2D eigenvalue weighted by Gasteiger charge is 2.26. The Balaban J connectivity index is 2.10. The van der Waals surface area contributed by atoms with Crippen LogP contribution in [0.4, 0.5) is 0 Å². The van der Waals surface area contributed by atoms with Crippen LogP contribution in [0.3, 0.4) is 0 Å². The lowest BCUT2D eigenvalue weighted by atomic mass is 9.90. The number of carbonyl (C=O) groups is 1. The van der Waals surface area contributed by atoms with E-state index in [1.807, 2.05) is 18.9 Å². The summed E-state index contributed by atoms with van der Waals surface area (Å²) in [5.41, 5.74) is 7.37. The van der Waals surface area contributed by atoms with Gasteiger partial charge in [-0.1, -0.05) is 0 Å². The molecule has 104 valence electrons. The molecular formula is C15H22N2O2. The Kier molecular flexibility index (Phi) is 4.10. The predicted molar refractivity (Wildman–Crippen MR) is 75.2 cm³/mol. The van der Waals surface area contributed by atoms with E-state index in [1.54, 1.807) is 18.2 Å². The van der Waals surface area contributed by atoms with Gasteiger partial charge in [0.15, 0.2) is 0 Å². The van der Waals surface area contributed by atoms with Gasteiger partial charge < -0.3 is 15.7 Å². The lowest BCUT2D eigenvalue weighted by molar-refractivity contribution is 0.0689. The van der Waals surface area contributed by atoms with Gasteiger partial charge in [0.2, 0.25) is 0 Å². The highest BCUT2D eigenvalue weighted by molar-refractivity contribution is 5.95. The number of phenolic OH excluding ortho intramolecular Hbond substituents is 1. The van der Waals surface area contributed by atoms with Gasteiger partial charge in [0.1, 0.15) is 5.75 Å². The van der Waals surface area contributed by atoms with Gasteiger partial charge in [-0.3, -0.25) is 4.79 Å². The van der Waals surface area contributed by atoms with Crippen molar-refractivity contribution in [2.24, 2.45) is 5.73 Å². The number of phenols is 1. The first-order valence-corrected chi connectivity index (χ1v) is 6.81. The van der Waals surface area contributed by atoms with E-state index in [4.69, 9.17) is 5.73 Å². The Bertz CT molecular complexity index is 465. The summed E-state index contributed by atoms with van der Waals surface area (Å²) in [5, 5.41) is 9.40. The van der Waals surface area contributed by atoms with Gasteiger partial charge in [-0.25, -0.2) is 0 Å². The summed E-state index contributed by atoms with van der Waals surface area (Å²) in [6.07, 6.45) is 3.91. The van der Waals surface area contributed by atoms with E-state index in [9.17, 15) is 9.90 Å². The summed E-state index contributed by atoms with van der Waals surface area (Å²) in [7, 11) is 1.86. The maximum absolute atomic E-state index is 12.5. The normalized spacial score (nSPS) is 23.1. The van der Waals surface area contributed by atoms with Crippen molar-refractivity contribution in [3.05, 3.63) is 29.3 Å². The molecule has 4 nitrogen and oxygen atoms in total.